The SMILES string of the molecule is CCOC(=O)c1nn(-c2ccccc2)cc1OCc1ccccc1[N+](=O)[O-]. The van der Waals surface area contributed by atoms with E-state index in [-0.39, 0.29) is 30.3 Å². The lowest BCUT2D eigenvalue weighted by Crippen LogP contribution is -2.09. The molecule has 0 N–H and O–H groups in total. The summed E-state index contributed by atoms with van der Waals surface area (Å²) in [6.07, 6.45) is 1.55. The highest BCUT2D eigenvalue weighted by Crippen LogP contribution is 2.24. The Morgan fingerprint density at radius 2 is 1.85 bits per heavy atom. The highest BCUT2D eigenvalue weighted by molar-refractivity contribution is 5.90. The van der Waals surface area contributed by atoms with Gasteiger partial charge in [0.15, 0.2) is 5.75 Å². The standard InChI is InChI=1S/C19H17N3O5/c1-2-26-19(23)18-17(12-21(20-18)15-9-4-3-5-10-15)27-13-14-8-6-7-11-16(14)22(24)25/h3-12H,2,13H2,1H3. The molecule has 0 radical (unpaired) electrons. The minimum Gasteiger partial charge on any atom is -0.484 e. The van der Waals surface area contributed by atoms with E-state index >= 15 is 0 Å². The number of carbonyl (C=O) groups excluding carboxylic acids is 1. The number of nitro benzene ring substituents is 1. The number of hydrogen-bond acceptors (Lipinski definition) is 6. The predicted octanol–water partition coefficient (Wildman–Crippen LogP) is 3.54. The van der Waals surface area contributed by atoms with E-state index in [0.29, 0.717) is 5.56 Å². The molecule has 0 atom stereocenters. The van der Waals surface area contributed by atoms with Gasteiger partial charge in [-0.05, 0) is 25.1 Å². The van der Waals surface area contributed by atoms with Crippen LogP contribution in [0.15, 0.2) is 60.8 Å². The van der Waals surface area contributed by atoms with Crippen molar-refractivity contribution in [3.05, 3.63) is 82.2 Å². The van der Waals surface area contributed by atoms with Crippen LogP contribution < -0.4 is 4.74 Å². The second kappa shape index (κ2) is 8.13. The summed E-state index contributed by atoms with van der Waals surface area (Å²) < 4.78 is 12.2. The highest BCUT2D eigenvalue weighted by Gasteiger charge is 2.21. The molecule has 0 saturated carbocycles. The fourth-order valence-electron chi connectivity index (χ4n) is 2.48. The van der Waals surface area contributed by atoms with Gasteiger partial charge in [0.1, 0.15) is 6.61 Å². The lowest BCUT2D eigenvalue weighted by molar-refractivity contribution is -0.385. The van der Waals surface area contributed by atoms with E-state index in [0.717, 1.165) is 5.69 Å². The summed E-state index contributed by atoms with van der Waals surface area (Å²) in [5.41, 5.74) is 1.10. The molecule has 0 fully saturated rings. The second-order valence-electron chi connectivity index (χ2n) is 5.52. The van der Waals surface area contributed by atoms with Crippen molar-refractivity contribution in [2.75, 3.05) is 6.61 Å². The van der Waals surface area contributed by atoms with Crippen LogP contribution in [0.1, 0.15) is 23.0 Å². The zero-order valence-corrected chi connectivity index (χ0v) is 14.6. The molecular weight excluding hydrogens is 350 g/mol. The maximum atomic E-state index is 12.2. The molecule has 27 heavy (non-hydrogen) atoms. The number of ether oxygens (including phenoxy) is 2. The van der Waals surface area contributed by atoms with E-state index in [2.05, 4.69) is 5.10 Å². The van der Waals surface area contributed by atoms with Gasteiger partial charge in [0.25, 0.3) is 5.69 Å². The van der Waals surface area contributed by atoms with Crippen molar-refractivity contribution in [1.82, 2.24) is 9.78 Å². The molecule has 0 aliphatic rings. The summed E-state index contributed by atoms with van der Waals surface area (Å²) in [7, 11) is 0. The van der Waals surface area contributed by atoms with Crippen LogP contribution in [-0.2, 0) is 11.3 Å². The normalized spacial score (nSPS) is 10.4. The van der Waals surface area contributed by atoms with Crippen molar-refractivity contribution >= 4 is 11.7 Å². The van der Waals surface area contributed by atoms with Crippen LogP contribution in [0.2, 0.25) is 0 Å². The first-order chi connectivity index (χ1) is 13.1. The molecule has 8 nitrogen and oxygen atoms in total. The zero-order valence-electron chi connectivity index (χ0n) is 14.6. The zero-order chi connectivity index (χ0) is 19.2. The predicted molar refractivity (Wildman–Crippen MR) is 96.9 cm³/mol. The molecule has 0 unspecified atom stereocenters. The maximum Gasteiger partial charge on any atom is 0.362 e. The molecule has 3 aromatic rings. The molecule has 3 rings (SSSR count). The summed E-state index contributed by atoms with van der Waals surface area (Å²) in [5.74, 6) is -0.430. The number of nitro groups is 1. The Morgan fingerprint density at radius 3 is 2.56 bits per heavy atom. The quantitative estimate of drug-likeness (QED) is 0.360. The molecule has 1 heterocycles. The van der Waals surface area contributed by atoms with Gasteiger partial charge in [-0.1, -0.05) is 30.3 Å². The third-order valence-corrected chi connectivity index (χ3v) is 3.74. The van der Waals surface area contributed by atoms with Crippen molar-refractivity contribution in [1.29, 1.82) is 0 Å². The Morgan fingerprint density at radius 1 is 1.15 bits per heavy atom. The number of carbonyl (C=O) groups is 1. The first-order valence-electron chi connectivity index (χ1n) is 8.27. The first-order valence-corrected chi connectivity index (χ1v) is 8.27. The fraction of sp³-hybridized carbons (Fsp3) is 0.158. The van der Waals surface area contributed by atoms with Crippen molar-refractivity contribution in [3.8, 4) is 11.4 Å². The number of para-hydroxylation sites is 2. The van der Waals surface area contributed by atoms with Crippen molar-refractivity contribution < 1.29 is 19.2 Å². The largest absolute Gasteiger partial charge is 0.484 e. The second-order valence-corrected chi connectivity index (χ2v) is 5.52. The van der Waals surface area contributed by atoms with E-state index in [1.165, 1.54) is 10.7 Å². The van der Waals surface area contributed by atoms with Gasteiger partial charge >= 0.3 is 5.97 Å². The molecule has 8 heteroatoms. The molecule has 0 saturated heterocycles. The van der Waals surface area contributed by atoms with Crippen molar-refractivity contribution in [3.63, 3.8) is 0 Å². The molecule has 0 aliphatic carbocycles. The fourth-order valence-corrected chi connectivity index (χ4v) is 2.48. The molecule has 0 bridgehead atoms. The van der Waals surface area contributed by atoms with Gasteiger partial charge in [0.2, 0.25) is 5.69 Å². The van der Waals surface area contributed by atoms with Gasteiger partial charge in [-0.2, -0.15) is 5.10 Å². The first kappa shape index (κ1) is 18.1. The van der Waals surface area contributed by atoms with Gasteiger partial charge < -0.3 is 9.47 Å². The summed E-state index contributed by atoms with van der Waals surface area (Å²) in [4.78, 5) is 22.9. The van der Waals surface area contributed by atoms with Gasteiger partial charge in [-0.3, -0.25) is 10.1 Å². The number of rotatable bonds is 7. The lowest BCUT2D eigenvalue weighted by Gasteiger charge is -2.06. The van der Waals surface area contributed by atoms with Gasteiger partial charge in [0.05, 0.1) is 29.0 Å². The minimum absolute atomic E-state index is 0.0132. The number of benzene rings is 2. The van der Waals surface area contributed by atoms with Crippen LogP contribution in [0.25, 0.3) is 5.69 Å². The molecule has 0 amide bonds. The van der Waals surface area contributed by atoms with Crippen molar-refractivity contribution in [2.24, 2.45) is 0 Å². The summed E-state index contributed by atoms with van der Waals surface area (Å²) in [5, 5.41) is 15.4. The molecule has 138 valence electrons. The van der Waals surface area contributed by atoms with E-state index < -0.39 is 10.9 Å². The Labute approximate surface area is 155 Å². The van der Waals surface area contributed by atoms with Gasteiger partial charge in [0, 0.05) is 6.07 Å². The van der Waals surface area contributed by atoms with E-state index in [1.807, 2.05) is 30.3 Å². The third-order valence-electron chi connectivity index (χ3n) is 3.74. The van der Waals surface area contributed by atoms with Crippen LogP contribution in [0.5, 0.6) is 5.75 Å². The molecule has 0 aliphatic heterocycles. The Hall–Kier alpha value is -3.68. The molecule has 2 aromatic carbocycles. The average molecular weight is 367 g/mol. The van der Waals surface area contributed by atoms with E-state index in [9.17, 15) is 14.9 Å². The van der Waals surface area contributed by atoms with E-state index in [4.69, 9.17) is 9.47 Å². The molecule has 1 aromatic heterocycles. The average Bonchev–Trinajstić information content (AvgIpc) is 3.12. The number of esters is 1. The summed E-state index contributed by atoms with van der Waals surface area (Å²) in [6, 6.07) is 15.5. The van der Waals surface area contributed by atoms with Crippen LogP contribution >= 0.6 is 0 Å². The smallest absolute Gasteiger partial charge is 0.362 e. The van der Waals surface area contributed by atoms with Crippen molar-refractivity contribution in [2.45, 2.75) is 13.5 Å². The van der Waals surface area contributed by atoms with Crippen LogP contribution in [0.3, 0.4) is 0 Å². The molecular formula is C19H17N3O5. The van der Waals surface area contributed by atoms with Gasteiger partial charge in [-0.15, -0.1) is 0 Å². The molecule has 0 spiro atoms. The summed E-state index contributed by atoms with van der Waals surface area (Å²) >= 11 is 0. The lowest BCUT2D eigenvalue weighted by atomic mass is 10.2. The topological polar surface area (TPSA) is 96.5 Å². The monoisotopic (exact) mass is 367 g/mol. The number of hydrogen-bond donors (Lipinski definition) is 0. The Balaban J connectivity index is 1.91. The Kier molecular flexibility index (Phi) is 5.46. The number of nitrogens with zero attached hydrogens (tertiary/aromatic N) is 3. The minimum atomic E-state index is -0.621. The maximum absolute atomic E-state index is 12.2. The van der Waals surface area contributed by atoms with Crippen LogP contribution in [-0.4, -0.2) is 27.3 Å². The number of aromatic nitrogens is 2. The van der Waals surface area contributed by atoms with Crippen LogP contribution in [0, 0.1) is 10.1 Å². The summed E-state index contributed by atoms with van der Waals surface area (Å²) in [6.45, 7) is 1.81. The van der Waals surface area contributed by atoms with Crippen LogP contribution in [0.4, 0.5) is 5.69 Å². The van der Waals surface area contributed by atoms with E-state index in [1.54, 1.807) is 31.3 Å². The third kappa shape index (κ3) is 4.12. The Bertz CT molecular complexity index is 953. The van der Waals surface area contributed by atoms with Gasteiger partial charge in [-0.25, -0.2) is 9.48 Å². The highest BCUT2D eigenvalue weighted by atomic mass is 16.6.